The van der Waals surface area contributed by atoms with E-state index in [0.29, 0.717) is 25.2 Å². The minimum atomic E-state index is -0.420. The molecule has 4 unspecified atom stereocenters. The Balaban J connectivity index is 0.00000265. The summed E-state index contributed by atoms with van der Waals surface area (Å²) < 4.78 is 6.40. The third kappa shape index (κ3) is 9.81. The lowest BCUT2D eigenvalue weighted by atomic mass is 9.79. The third-order valence-electron chi connectivity index (χ3n) is 10.5. The fourth-order valence-electron chi connectivity index (χ4n) is 8.22. The van der Waals surface area contributed by atoms with Crippen LogP contribution in [0.15, 0.2) is 67.8 Å². The molecular formula is C39H62N7O3+. The van der Waals surface area contributed by atoms with Gasteiger partial charge in [-0.2, -0.15) is 5.06 Å². The van der Waals surface area contributed by atoms with E-state index < -0.39 is 11.1 Å². The van der Waals surface area contributed by atoms with Gasteiger partial charge in [0.2, 0.25) is 12.2 Å². The number of hydrogen-bond donors (Lipinski definition) is 2. The third-order valence-corrected chi connectivity index (χ3v) is 10.5. The second-order valence-electron chi connectivity index (χ2n) is 15.2. The Morgan fingerprint density at radius 3 is 2.27 bits per heavy atom. The molecule has 0 aliphatic carbocycles. The highest BCUT2D eigenvalue weighted by Gasteiger charge is 2.45. The van der Waals surface area contributed by atoms with Gasteiger partial charge in [-0.3, -0.25) is 9.59 Å². The van der Waals surface area contributed by atoms with Crippen LogP contribution in [-0.4, -0.2) is 70.8 Å². The standard InChI is InChI=1S/C37H55N7O3.C2H6/c1-7-31(42-19-18-40(27-42)25-34(45)39-30-23-36(3,4)44(47)37(5,6)24-30)21-32(41-17-15-38-26-41)22-33(43-16-11-14-35(43)46)20-28(2)29-12-9-8-10-13-29;1-2/h8-10,12-13,15,17-19,26-28,30-33,47H,7,11,14,16,20-25H2,1-6H3;1-2H3/p+1. The number of nitrogens with one attached hydrogen (secondary N) is 1. The average Bonchev–Trinajstić information content (AvgIpc) is 3.86. The van der Waals surface area contributed by atoms with Crippen LogP contribution in [-0.2, 0) is 16.1 Å². The summed E-state index contributed by atoms with van der Waals surface area (Å²) in [5.41, 5.74) is 0.468. The Labute approximate surface area is 294 Å². The van der Waals surface area contributed by atoms with Crippen LogP contribution in [0.2, 0.25) is 0 Å². The number of piperidine rings is 1. The summed E-state index contributed by atoms with van der Waals surface area (Å²) in [6.07, 6.45) is 18.4. The highest BCUT2D eigenvalue weighted by Crippen LogP contribution is 2.37. The van der Waals surface area contributed by atoms with Crippen molar-refractivity contribution >= 4 is 11.8 Å². The lowest BCUT2D eigenvalue weighted by Gasteiger charge is -2.51. The van der Waals surface area contributed by atoms with E-state index in [1.165, 1.54) is 10.6 Å². The first-order valence-corrected chi connectivity index (χ1v) is 18.5. The Kier molecular flexibility index (Phi) is 13.2. The molecule has 0 bridgehead atoms. The maximum absolute atomic E-state index is 13.2. The van der Waals surface area contributed by atoms with E-state index in [9.17, 15) is 14.8 Å². The molecule has 4 heterocycles. The molecule has 3 aromatic rings. The maximum atomic E-state index is 13.2. The highest BCUT2D eigenvalue weighted by molar-refractivity contribution is 5.78. The smallest absolute Gasteiger partial charge is 0.262 e. The molecule has 49 heavy (non-hydrogen) atoms. The molecule has 2 aliphatic rings. The van der Waals surface area contributed by atoms with Gasteiger partial charge in [-0.05, 0) is 77.7 Å². The van der Waals surface area contributed by atoms with Gasteiger partial charge in [0.05, 0.1) is 6.33 Å². The second-order valence-corrected chi connectivity index (χ2v) is 15.2. The summed E-state index contributed by atoms with van der Waals surface area (Å²) in [4.78, 5) is 32.8. The normalized spacial score (nSPS) is 20.3. The van der Waals surface area contributed by atoms with Crippen LogP contribution < -0.4 is 9.88 Å². The molecule has 2 aromatic heterocycles. The molecule has 270 valence electrons. The number of benzene rings is 1. The first-order valence-electron chi connectivity index (χ1n) is 18.5. The van der Waals surface area contributed by atoms with Gasteiger partial charge in [-0.15, -0.1) is 0 Å². The van der Waals surface area contributed by atoms with Gasteiger partial charge in [-0.1, -0.05) is 58.0 Å². The van der Waals surface area contributed by atoms with E-state index in [-0.39, 0.29) is 42.5 Å². The number of carbonyl (C=O) groups is 2. The zero-order valence-corrected chi connectivity index (χ0v) is 31.3. The predicted octanol–water partition coefficient (Wildman–Crippen LogP) is 6.68. The van der Waals surface area contributed by atoms with Crippen LogP contribution in [0.4, 0.5) is 0 Å². The molecule has 2 amide bonds. The van der Waals surface area contributed by atoms with Gasteiger partial charge < -0.3 is 20.0 Å². The van der Waals surface area contributed by atoms with Crippen LogP contribution in [0.1, 0.15) is 130 Å². The summed E-state index contributed by atoms with van der Waals surface area (Å²) in [5, 5.41) is 15.3. The van der Waals surface area contributed by atoms with E-state index in [1.807, 2.05) is 77.4 Å². The fraction of sp³-hybridized carbons (Fsp3) is 0.641. The zero-order chi connectivity index (χ0) is 35.8. The van der Waals surface area contributed by atoms with Crippen LogP contribution in [0.25, 0.3) is 0 Å². The fourth-order valence-corrected chi connectivity index (χ4v) is 8.22. The number of amides is 2. The predicted molar refractivity (Wildman–Crippen MR) is 193 cm³/mol. The van der Waals surface area contributed by atoms with Gasteiger partial charge in [0.15, 0.2) is 6.54 Å². The molecule has 2 fully saturated rings. The lowest BCUT2D eigenvalue weighted by molar-refractivity contribution is -0.684. The molecular weight excluding hydrogens is 614 g/mol. The largest absolute Gasteiger partial charge is 0.350 e. The first-order chi connectivity index (χ1) is 23.4. The van der Waals surface area contributed by atoms with Gasteiger partial charge >= 0.3 is 0 Å². The minimum Gasteiger partial charge on any atom is -0.350 e. The topological polar surface area (TPSA) is 99.5 Å². The van der Waals surface area contributed by atoms with E-state index in [0.717, 1.165) is 38.6 Å². The molecule has 2 saturated heterocycles. The van der Waals surface area contributed by atoms with E-state index >= 15 is 0 Å². The van der Waals surface area contributed by atoms with Crippen LogP contribution in [0.5, 0.6) is 0 Å². The molecule has 0 spiro atoms. The van der Waals surface area contributed by atoms with Crippen LogP contribution in [0, 0.1) is 0 Å². The minimum absolute atomic E-state index is 0.00189. The molecule has 10 heteroatoms. The molecule has 4 atom stereocenters. The quantitative estimate of drug-likeness (QED) is 0.186. The van der Waals surface area contributed by atoms with E-state index in [2.05, 4.69) is 74.7 Å². The molecule has 2 aliphatic heterocycles. The van der Waals surface area contributed by atoms with Crippen LogP contribution >= 0.6 is 0 Å². The number of carbonyl (C=O) groups excluding carboxylic acids is 2. The van der Waals surface area contributed by atoms with Crippen molar-refractivity contribution in [1.82, 2.24) is 29.4 Å². The zero-order valence-electron chi connectivity index (χ0n) is 31.3. The summed E-state index contributed by atoms with van der Waals surface area (Å²) in [5.74, 6) is 0.582. The number of likely N-dealkylation sites (tertiary alicyclic amines) is 1. The van der Waals surface area contributed by atoms with Crippen molar-refractivity contribution in [2.75, 3.05) is 6.54 Å². The second kappa shape index (κ2) is 16.9. The molecule has 0 radical (unpaired) electrons. The van der Waals surface area contributed by atoms with Crippen molar-refractivity contribution < 1.29 is 19.4 Å². The Morgan fingerprint density at radius 1 is 1.00 bits per heavy atom. The van der Waals surface area contributed by atoms with Crippen molar-refractivity contribution in [1.29, 1.82) is 0 Å². The number of hydrogen-bond acceptors (Lipinski definition) is 5. The maximum Gasteiger partial charge on any atom is 0.262 e. The van der Waals surface area contributed by atoms with Gasteiger partial charge in [0.25, 0.3) is 5.91 Å². The van der Waals surface area contributed by atoms with Crippen molar-refractivity contribution in [2.45, 2.75) is 154 Å². The average molecular weight is 677 g/mol. The van der Waals surface area contributed by atoms with Crippen molar-refractivity contribution in [3.8, 4) is 0 Å². The Bertz CT molecular complexity index is 1430. The molecule has 0 saturated carbocycles. The first kappa shape index (κ1) is 38.3. The van der Waals surface area contributed by atoms with Crippen molar-refractivity contribution in [2.24, 2.45) is 0 Å². The lowest BCUT2D eigenvalue weighted by Crippen LogP contribution is -2.63. The van der Waals surface area contributed by atoms with Crippen LogP contribution in [0.3, 0.4) is 0 Å². The highest BCUT2D eigenvalue weighted by atomic mass is 16.5. The SMILES string of the molecule is CC.CCC(CC(CC(CC(C)c1ccccc1)N1CCCC1=O)n1ccnc1)n1cc[n+](CC(=O)NC2CC(C)(C)N(O)C(C)(C)C2)c1. The summed E-state index contributed by atoms with van der Waals surface area (Å²) in [6.45, 7) is 17.6. The van der Waals surface area contributed by atoms with E-state index in [1.54, 1.807) is 0 Å². The monoisotopic (exact) mass is 676 g/mol. The number of imidazole rings is 2. The van der Waals surface area contributed by atoms with Gasteiger partial charge in [0.1, 0.15) is 18.4 Å². The Morgan fingerprint density at radius 2 is 1.67 bits per heavy atom. The number of nitrogens with zero attached hydrogens (tertiary/aromatic N) is 6. The van der Waals surface area contributed by atoms with Crippen molar-refractivity contribution in [3.05, 3.63) is 73.3 Å². The molecule has 10 nitrogen and oxygen atoms in total. The van der Waals surface area contributed by atoms with E-state index in [4.69, 9.17) is 0 Å². The summed E-state index contributed by atoms with van der Waals surface area (Å²) >= 11 is 0. The number of aromatic nitrogens is 4. The number of hydroxylamine groups is 2. The van der Waals surface area contributed by atoms with Gasteiger partial charge in [-0.25, -0.2) is 14.1 Å². The summed E-state index contributed by atoms with van der Waals surface area (Å²) in [6, 6.07) is 11.1. The van der Waals surface area contributed by atoms with Gasteiger partial charge in [0, 0.05) is 61.0 Å². The molecule has 1 aromatic carbocycles. The molecule has 2 N–H and O–H groups in total. The molecule has 5 rings (SSSR count). The summed E-state index contributed by atoms with van der Waals surface area (Å²) in [7, 11) is 0. The number of rotatable bonds is 14. The van der Waals surface area contributed by atoms with Crippen molar-refractivity contribution in [3.63, 3.8) is 0 Å². The Hall–Kier alpha value is -3.50.